The average Bonchev–Trinajstić information content (AvgIpc) is 2.81. The number of aromatic nitrogens is 3. The van der Waals surface area contributed by atoms with Gasteiger partial charge in [-0.3, -0.25) is 9.59 Å². The van der Waals surface area contributed by atoms with E-state index in [9.17, 15) is 9.59 Å². The summed E-state index contributed by atoms with van der Waals surface area (Å²) in [5.74, 6) is 0.147. The molecule has 0 radical (unpaired) electrons. The van der Waals surface area contributed by atoms with Gasteiger partial charge in [0.2, 0.25) is 5.76 Å². The Labute approximate surface area is 132 Å². The number of carbonyl (C=O) groups is 1. The quantitative estimate of drug-likeness (QED) is 0.879. The van der Waals surface area contributed by atoms with Crippen molar-refractivity contribution in [3.8, 4) is 0 Å². The molecule has 1 aliphatic heterocycles. The van der Waals surface area contributed by atoms with Crippen LogP contribution in [-0.4, -0.2) is 52.1 Å². The van der Waals surface area contributed by atoms with E-state index in [2.05, 4.69) is 15.0 Å². The lowest BCUT2D eigenvalue weighted by Gasteiger charge is -2.22. The second kappa shape index (κ2) is 6.74. The smallest absolute Gasteiger partial charge is 0.291 e. The highest BCUT2D eigenvalue weighted by Gasteiger charge is 2.27. The van der Waals surface area contributed by atoms with Gasteiger partial charge in [-0.1, -0.05) is 0 Å². The van der Waals surface area contributed by atoms with Crippen LogP contribution in [0, 0.1) is 12.8 Å². The van der Waals surface area contributed by atoms with Crippen molar-refractivity contribution in [1.82, 2.24) is 19.9 Å². The van der Waals surface area contributed by atoms with Crippen molar-refractivity contribution in [1.29, 1.82) is 0 Å². The van der Waals surface area contributed by atoms with Gasteiger partial charge in [0.05, 0.1) is 25.2 Å². The molecule has 3 rings (SSSR count). The van der Waals surface area contributed by atoms with Gasteiger partial charge in [0.25, 0.3) is 11.5 Å². The third kappa shape index (κ3) is 3.65. The number of aryl methyl sites for hydroxylation is 1. The molecule has 23 heavy (non-hydrogen) atoms. The van der Waals surface area contributed by atoms with E-state index in [1.807, 2.05) is 0 Å². The minimum atomic E-state index is -0.186. The molecule has 1 atom stereocenters. The fraction of sp³-hybridized carbons (Fsp3) is 0.467. The Hall–Kier alpha value is -2.48. The summed E-state index contributed by atoms with van der Waals surface area (Å²) < 4.78 is 10.8. The van der Waals surface area contributed by atoms with E-state index >= 15 is 0 Å². The molecule has 0 spiro atoms. The van der Waals surface area contributed by atoms with Gasteiger partial charge in [-0.15, -0.1) is 0 Å². The number of oxazole rings is 1. The second-order valence-corrected chi connectivity index (χ2v) is 5.57. The standard InChI is InChI=1S/C15H18N4O4/c1-10-14(23-9-18-10)15(21)19-2-3-22-7-11(6-19)4-12-5-13(20)17-8-16-12/h5,8-9,11H,2-4,6-7H2,1H3,(H,16,17,20)/t11-/m1/s1. The van der Waals surface area contributed by atoms with Crippen LogP contribution in [0.3, 0.4) is 0 Å². The maximum absolute atomic E-state index is 12.6. The molecule has 122 valence electrons. The second-order valence-electron chi connectivity index (χ2n) is 5.57. The summed E-state index contributed by atoms with van der Waals surface area (Å²) in [5, 5.41) is 0. The van der Waals surface area contributed by atoms with Gasteiger partial charge in [0.1, 0.15) is 0 Å². The zero-order valence-corrected chi connectivity index (χ0v) is 12.8. The number of hydrogen-bond donors (Lipinski definition) is 1. The van der Waals surface area contributed by atoms with Gasteiger partial charge >= 0.3 is 0 Å². The molecular weight excluding hydrogens is 300 g/mol. The number of carbonyl (C=O) groups excluding carboxylic acids is 1. The molecule has 1 fully saturated rings. The minimum Gasteiger partial charge on any atom is -0.438 e. The van der Waals surface area contributed by atoms with Crippen LogP contribution in [-0.2, 0) is 11.2 Å². The largest absolute Gasteiger partial charge is 0.438 e. The average molecular weight is 318 g/mol. The maximum atomic E-state index is 12.6. The maximum Gasteiger partial charge on any atom is 0.291 e. The Bertz CT molecular complexity index is 739. The first-order valence-corrected chi connectivity index (χ1v) is 7.44. The summed E-state index contributed by atoms with van der Waals surface area (Å²) in [5.41, 5.74) is 1.08. The van der Waals surface area contributed by atoms with Crippen molar-refractivity contribution < 1.29 is 13.9 Å². The molecule has 0 bridgehead atoms. The van der Waals surface area contributed by atoms with E-state index in [0.29, 0.717) is 44.1 Å². The molecular formula is C15H18N4O4. The number of ether oxygens (including phenoxy) is 1. The lowest BCUT2D eigenvalue weighted by Crippen LogP contribution is -2.36. The number of nitrogens with zero attached hydrogens (tertiary/aromatic N) is 3. The summed E-state index contributed by atoms with van der Waals surface area (Å²) in [6.45, 7) is 3.75. The summed E-state index contributed by atoms with van der Waals surface area (Å²) in [6.07, 6.45) is 3.23. The number of amides is 1. The van der Waals surface area contributed by atoms with Crippen LogP contribution in [0.1, 0.15) is 21.9 Å². The summed E-state index contributed by atoms with van der Waals surface area (Å²) in [4.78, 5) is 36.2. The van der Waals surface area contributed by atoms with E-state index in [1.54, 1.807) is 11.8 Å². The fourth-order valence-electron chi connectivity index (χ4n) is 2.66. The molecule has 8 heteroatoms. The Balaban J connectivity index is 1.72. The van der Waals surface area contributed by atoms with Gasteiger partial charge in [-0.05, 0) is 13.3 Å². The molecule has 0 aliphatic carbocycles. The first-order chi connectivity index (χ1) is 11.1. The van der Waals surface area contributed by atoms with Crippen LogP contribution in [0.25, 0.3) is 0 Å². The van der Waals surface area contributed by atoms with E-state index in [-0.39, 0.29) is 23.1 Å². The molecule has 2 aromatic rings. The van der Waals surface area contributed by atoms with E-state index in [0.717, 1.165) is 0 Å². The Morgan fingerprint density at radius 1 is 1.48 bits per heavy atom. The molecule has 8 nitrogen and oxygen atoms in total. The molecule has 2 aromatic heterocycles. The Morgan fingerprint density at radius 3 is 3.09 bits per heavy atom. The van der Waals surface area contributed by atoms with Crippen molar-refractivity contribution in [2.45, 2.75) is 13.3 Å². The predicted octanol–water partition coefficient (Wildman–Crippen LogP) is 0.398. The van der Waals surface area contributed by atoms with Crippen molar-refractivity contribution in [2.75, 3.05) is 26.3 Å². The number of hydrogen-bond acceptors (Lipinski definition) is 6. The SMILES string of the molecule is Cc1ncoc1C(=O)N1CCOC[C@H](Cc2cc(=O)[nH]cn2)C1. The molecule has 0 saturated carbocycles. The van der Waals surface area contributed by atoms with E-state index in [1.165, 1.54) is 18.8 Å². The Morgan fingerprint density at radius 2 is 2.35 bits per heavy atom. The molecule has 1 saturated heterocycles. The highest BCUT2D eigenvalue weighted by Crippen LogP contribution is 2.16. The monoisotopic (exact) mass is 318 g/mol. The van der Waals surface area contributed by atoms with Crippen molar-refractivity contribution in [3.63, 3.8) is 0 Å². The Kier molecular flexibility index (Phi) is 4.52. The lowest BCUT2D eigenvalue weighted by molar-refractivity contribution is 0.0704. The van der Waals surface area contributed by atoms with Gasteiger partial charge < -0.3 is 19.0 Å². The van der Waals surface area contributed by atoms with E-state index in [4.69, 9.17) is 9.15 Å². The van der Waals surface area contributed by atoms with E-state index < -0.39 is 0 Å². The molecule has 1 N–H and O–H groups in total. The summed E-state index contributed by atoms with van der Waals surface area (Å²) in [7, 11) is 0. The molecule has 1 aliphatic rings. The van der Waals surface area contributed by atoms with Crippen LogP contribution in [0.5, 0.6) is 0 Å². The third-order valence-electron chi connectivity index (χ3n) is 3.80. The van der Waals surface area contributed by atoms with Crippen LogP contribution >= 0.6 is 0 Å². The first kappa shape index (κ1) is 15.4. The van der Waals surface area contributed by atoms with Crippen molar-refractivity contribution in [3.05, 3.63) is 46.3 Å². The van der Waals surface area contributed by atoms with Gasteiger partial charge in [0, 0.05) is 30.8 Å². The normalized spacial score (nSPS) is 18.7. The molecule has 3 heterocycles. The zero-order valence-electron chi connectivity index (χ0n) is 12.8. The topological polar surface area (TPSA) is 101 Å². The fourth-order valence-corrected chi connectivity index (χ4v) is 2.66. The van der Waals surface area contributed by atoms with Gasteiger partial charge in [-0.2, -0.15) is 0 Å². The first-order valence-electron chi connectivity index (χ1n) is 7.44. The number of nitrogens with one attached hydrogen (secondary N) is 1. The minimum absolute atomic E-state index is 0.0685. The molecule has 0 unspecified atom stereocenters. The van der Waals surface area contributed by atoms with Crippen LogP contribution in [0.4, 0.5) is 0 Å². The van der Waals surface area contributed by atoms with Crippen molar-refractivity contribution >= 4 is 5.91 Å². The number of H-pyrrole nitrogens is 1. The molecule has 1 amide bonds. The van der Waals surface area contributed by atoms with Crippen LogP contribution < -0.4 is 5.56 Å². The highest BCUT2D eigenvalue weighted by atomic mass is 16.5. The lowest BCUT2D eigenvalue weighted by atomic mass is 10.0. The predicted molar refractivity (Wildman–Crippen MR) is 80.0 cm³/mol. The number of aromatic amines is 1. The molecule has 0 aromatic carbocycles. The highest BCUT2D eigenvalue weighted by molar-refractivity contribution is 5.92. The third-order valence-corrected chi connectivity index (χ3v) is 3.80. The van der Waals surface area contributed by atoms with Gasteiger partial charge in [-0.25, -0.2) is 9.97 Å². The zero-order chi connectivity index (χ0) is 16.2. The van der Waals surface area contributed by atoms with Crippen LogP contribution in [0.2, 0.25) is 0 Å². The summed E-state index contributed by atoms with van der Waals surface area (Å²) >= 11 is 0. The number of rotatable bonds is 3. The van der Waals surface area contributed by atoms with Crippen molar-refractivity contribution in [2.24, 2.45) is 5.92 Å². The summed E-state index contributed by atoms with van der Waals surface area (Å²) in [6, 6.07) is 1.47. The van der Waals surface area contributed by atoms with Gasteiger partial charge in [0.15, 0.2) is 6.39 Å². The van der Waals surface area contributed by atoms with Crippen LogP contribution in [0.15, 0.2) is 28.0 Å².